The van der Waals surface area contributed by atoms with Crippen LogP contribution in [0.15, 0.2) is 59.6 Å². The molecule has 1 saturated carbocycles. The summed E-state index contributed by atoms with van der Waals surface area (Å²) < 4.78 is 11.8. The molecule has 2 aliphatic rings. The van der Waals surface area contributed by atoms with Crippen molar-refractivity contribution in [3.05, 3.63) is 65.7 Å². The molecule has 188 valence electrons. The van der Waals surface area contributed by atoms with Crippen LogP contribution in [0.5, 0.6) is 5.75 Å². The van der Waals surface area contributed by atoms with E-state index in [9.17, 15) is 9.90 Å². The number of aliphatic hydroxyl groups is 2. The van der Waals surface area contributed by atoms with Gasteiger partial charge in [-0.3, -0.25) is 10.2 Å². The zero-order chi connectivity index (χ0) is 24.7. The van der Waals surface area contributed by atoms with Gasteiger partial charge in [0.25, 0.3) is 5.91 Å². The topological polar surface area (TPSA) is 112 Å². The number of ether oxygens (including phenoxy) is 2. The van der Waals surface area contributed by atoms with Crippen LogP contribution >= 0.6 is 0 Å². The van der Waals surface area contributed by atoms with Gasteiger partial charge < -0.3 is 19.7 Å². The van der Waals surface area contributed by atoms with Crippen molar-refractivity contribution in [1.29, 1.82) is 0 Å². The molecule has 0 aromatic heterocycles. The summed E-state index contributed by atoms with van der Waals surface area (Å²) in [6.45, 7) is 2.41. The maximum atomic E-state index is 13.6. The second kappa shape index (κ2) is 11.7. The molecule has 8 nitrogen and oxygen atoms in total. The summed E-state index contributed by atoms with van der Waals surface area (Å²) in [6, 6.07) is 17.3. The fraction of sp³-hybridized carbons (Fsp3) is 0.481. The van der Waals surface area contributed by atoms with Crippen LogP contribution in [0.2, 0.25) is 0 Å². The zero-order valence-corrected chi connectivity index (χ0v) is 20.2. The Kier molecular flexibility index (Phi) is 8.38. The van der Waals surface area contributed by atoms with Gasteiger partial charge >= 0.3 is 0 Å². The molecule has 0 unspecified atom stereocenters. The third-order valence-corrected chi connectivity index (χ3v) is 6.73. The van der Waals surface area contributed by atoms with Crippen molar-refractivity contribution in [2.75, 3.05) is 13.2 Å². The van der Waals surface area contributed by atoms with Crippen molar-refractivity contribution in [2.24, 2.45) is 4.99 Å². The Morgan fingerprint density at radius 2 is 1.83 bits per heavy atom. The van der Waals surface area contributed by atoms with E-state index < -0.39 is 11.6 Å². The number of hydrogen-bond donors (Lipinski definition) is 4. The number of hydrogen-bond acceptors (Lipinski definition) is 7. The maximum absolute atomic E-state index is 13.6. The fourth-order valence-electron chi connectivity index (χ4n) is 4.55. The Morgan fingerprint density at radius 1 is 1.11 bits per heavy atom. The number of carbonyl (C=O) groups is 1. The third kappa shape index (κ3) is 6.20. The Labute approximate surface area is 206 Å². The summed E-state index contributed by atoms with van der Waals surface area (Å²) in [4.78, 5) is 18.5. The SMILES string of the molecule is C[C@@H]1OC(c2ccc(OCCCO)cc2)=N[C@]1(Cc1ccccc1)C(=O)NNC1CCC(O)CC1. The van der Waals surface area contributed by atoms with Crippen molar-refractivity contribution >= 4 is 11.8 Å². The molecule has 2 atom stereocenters. The minimum absolute atomic E-state index is 0.0870. The lowest BCUT2D eigenvalue weighted by Crippen LogP contribution is -2.58. The van der Waals surface area contributed by atoms with E-state index in [2.05, 4.69) is 10.9 Å². The van der Waals surface area contributed by atoms with Crippen molar-refractivity contribution in [3.8, 4) is 5.75 Å². The molecular formula is C27H35N3O5. The average Bonchev–Trinajstić information content (AvgIpc) is 3.21. The van der Waals surface area contributed by atoms with Gasteiger partial charge in [-0.15, -0.1) is 0 Å². The van der Waals surface area contributed by atoms with E-state index in [1.54, 1.807) is 0 Å². The summed E-state index contributed by atoms with van der Waals surface area (Å²) in [6.07, 6.45) is 3.30. The second-order valence-electron chi connectivity index (χ2n) is 9.32. The molecule has 4 N–H and O–H groups in total. The fourth-order valence-corrected chi connectivity index (χ4v) is 4.55. The van der Waals surface area contributed by atoms with Crippen LogP contribution in [-0.2, 0) is 16.0 Å². The molecule has 1 amide bonds. The lowest BCUT2D eigenvalue weighted by molar-refractivity contribution is -0.129. The normalized spacial score (nSPS) is 26.0. The highest BCUT2D eigenvalue weighted by atomic mass is 16.5. The first kappa shape index (κ1) is 25.2. The van der Waals surface area contributed by atoms with Gasteiger partial charge in [0.15, 0.2) is 5.54 Å². The van der Waals surface area contributed by atoms with Crippen LogP contribution in [0.25, 0.3) is 0 Å². The highest BCUT2D eigenvalue weighted by Gasteiger charge is 2.50. The van der Waals surface area contributed by atoms with Gasteiger partial charge in [0.1, 0.15) is 11.9 Å². The van der Waals surface area contributed by atoms with Gasteiger partial charge in [-0.2, -0.15) is 0 Å². The molecule has 1 fully saturated rings. The summed E-state index contributed by atoms with van der Waals surface area (Å²) >= 11 is 0. The summed E-state index contributed by atoms with van der Waals surface area (Å²) in [7, 11) is 0. The number of nitrogens with one attached hydrogen (secondary N) is 2. The Bertz CT molecular complexity index is 990. The minimum atomic E-state index is -1.13. The van der Waals surface area contributed by atoms with Crippen LogP contribution in [-0.4, -0.2) is 59.0 Å². The standard InChI is InChI=1S/C27H35N3O5/c1-19-27(18-20-6-3-2-4-7-20,26(33)30-29-22-10-12-23(32)13-11-22)28-25(35-19)21-8-14-24(15-9-21)34-17-5-16-31/h2-4,6-9,14-15,19,22-23,29,31-32H,5,10-13,16-18H2,1H3,(H,30,33)/t19-,22?,23?,27-/m0/s1. The molecule has 0 radical (unpaired) electrons. The van der Waals surface area contributed by atoms with E-state index in [-0.39, 0.29) is 24.7 Å². The van der Waals surface area contributed by atoms with Crippen molar-refractivity contribution in [2.45, 2.75) is 69.2 Å². The van der Waals surface area contributed by atoms with E-state index in [1.807, 2.05) is 61.5 Å². The first-order valence-electron chi connectivity index (χ1n) is 12.4. The van der Waals surface area contributed by atoms with Gasteiger partial charge in [-0.25, -0.2) is 10.4 Å². The number of nitrogens with zero attached hydrogens (tertiary/aromatic N) is 1. The van der Waals surface area contributed by atoms with Crippen LogP contribution in [0.1, 0.15) is 50.2 Å². The predicted octanol–water partition coefficient (Wildman–Crippen LogP) is 2.52. The maximum Gasteiger partial charge on any atom is 0.266 e. The predicted molar refractivity (Wildman–Crippen MR) is 133 cm³/mol. The van der Waals surface area contributed by atoms with Gasteiger partial charge in [0.05, 0.1) is 12.7 Å². The zero-order valence-electron chi connectivity index (χ0n) is 20.2. The van der Waals surface area contributed by atoms with Crippen LogP contribution in [0.3, 0.4) is 0 Å². The number of aliphatic imine (C=N–C) groups is 1. The summed E-state index contributed by atoms with van der Waals surface area (Å²) in [5.41, 5.74) is 6.71. The Morgan fingerprint density at radius 3 is 2.51 bits per heavy atom. The monoisotopic (exact) mass is 481 g/mol. The van der Waals surface area contributed by atoms with E-state index >= 15 is 0 Å². The third-order valence-electron chi connectivity index (χ3n) is 6.73. The molecular weight excluding hydrogens is 446 g/mol. The van der Waals surface area contributed by atoms with Crippen molar-refractivity contribution in [3.63, 3.8) is 0 Å². The molecule has 1 aliphatic carbocycles. The summed E-state index contributed by atoms with van der Waals surface area (Å²) in [5.74, 6) is 0.883. The van der Waals surface area contributed by atoms with Crippen LogP contribution in [0, 0.1) is 0 Å². The number of aliphatic hydroxyl groups excluding tert-OH is 2. The van der Waals surface area contributed by atoms with Crippen molar-refractivity contribution < 1.29 is 24.5 Å². The number of rotatable bonds is 10. The number of amides is 1. The molecule has 1 aliphatic heterocycles. The molecule has 2 aromatic rings. The Hall–Kier alpha value is -2.94. The van der Waals surface area contributed by atoms with Gasteiger partial charge in [0.2, 0.25) is 5.90 Å². The van der Waals surface area contributed by atoms with Crippen LogP contribution < -0.4 is 15.6 Å². The molecule has 35 heavy (non-hydrogen) atoms. The molecule has 2 aromatic carbocycles. The van der Waals surface area contributed by atoms with Gasteiger partial charge in [-0.1, -0.05) is 30.3 Å². The average molecular weight is 482 g/mol. The quantitative estimate of drug-likeness (QED) is 0.307. The van der Waals surface area contributed by atoms with E-state index in [0.29, 0.717) is 31.1 Å². The molecule has 1 heterocycles. The van der Waals surface area contributed by atoms with Gasteiger partial charge in [0, 0.05) is 31.1 Å². The van der Waals surface area contributed by atoms with Crippen molar-refractivity contribution in [1.82, 2.24) is 10.9 Å². The molecule has 0 spiro atoms. The van der Waals surface area contributed by atoms with Crippen LogP contribution in [0.4, 0.5) is 0 Å². The van der Waals surface area contributed by atoms with E-state index in [4.69, 9.17) is 19.6 Å². The lowest BCUT2D eigenvalue weighted by Gasteiger charge is -2.31. The highest BCUT2D eigenvalue weighted by molar-refractivity contribution is 6.00. The number of carbonyl (C=O) groups excluding carboxylic acids is 1. The largest absolute Gasteiger partial charge is 0.494 e. The van der Waals surface area contributed by atoms with E-state index in [0.717, 1.165) is 36.8 Å². The van der Waals surface area contributed by atoms with E-state index in [1.165, 1.54) is 0 Å². The molecule has 0 saturated heterocycles. The smallest absolute Gasteiger partial charge is 0.266 e. The Balaban J connectivity index is 1.53. The molecule has 4 rings (SSSR count). The highest BCUT2D eigenvalue weighted by Crippen LogP contribution is 2.33. The summed E-state index contributed by atoms with van der Waals surface area (Å²) in [5, 5.41) is 18.7. The lowest BCUT2D eigenvalue weighted by atomic mass is 9.86. The first-order valence-corrected chi connectivity index (χ1v) is 12.4. The minimum Gasteiger partial charge on any atom is -0.494 e. The number of hydrazine groups is 1. The first-order chi connectivity index (χ1) is 17.0. The molecule has 8 heteroatoms. The van der Waals surface area contributed by atoms with Gasteiger partial charge in [-0.05, 0) is 62.4 Å². The molecule has 0 bridgehead atoms. The number of benzene rings is 2. The second-order valence-corrected chi connectivity index (χ2v) is 9.32.